The maximum absolute atomic E-state index is 12.2. The van der Waals surface area contributed by atoms with Crippen LogP contribution in [0.3, 0.4) is 0 Å². The molecule has 2 rings (SSSR count). The second kappa shape index (κ2) is 4.83. The third-order valence-electron chi connectivity index (χ3n) is 3.07. The molecule has 1 amide bonds. The maximum Gasteiger partial charge on any atom is 0.276 e. The molecule has 1 fully saturated rings. The van der Waals surface area contributed by atoms with Crippen molar-refractivity contribution in [2.45, 2.75) is 38.3 Å². The van der Waals surface area contributed by atoms with Crippen LogP contribution in [-0.4, -0.2) is 49.6 Å². The van der Waals surface area contributed by atoms with E-state index in [9.17, 15) is 9.90 Å². The summed E-state index contributed by atoms with van der Waals surface area (Å²) < 4.78 is 0. The number of rotatable bonds is 3. The highest BCUT2D eigenvalue weighted by Gasteiger charge is 2.31. The van der Waals surface area contributed by atoms with Gasteiger partial charge in [0.2, 0.25) is 0 Å². The average Bonchev–Trinajstić information content (AvgIpc) is 2.85. The molecule has 0 radical (unpaired) electrons. The molecule has 0 aliphatic carbocycles. The van der Waals surface area contributed by atoms with Gasteiger partial charge in [-0.2, -0.15) is 9.90 Å². The zero-order valence-electron chi connectivity index (χ0n) is 10.2. The summed E-state index contributed by atoms with van der Waals surface area (Å²) in [4.78, 5) is 15.4. The first-order valence-electron chi connectivity index (χ1n) is 5.93. The molecule has 2 heterocycles. The lowest BCUT2D eigenvalue weighted by molar-refractivity contribution is 0.0675. The number of hydrogen-bond acceptors (Lipinski definition) is 4. The number of aromatic nitrogens is 3. The van der Waals surface area contributed by atoms with Crippen molar-refractivity contribution in [2.75, 3.05) is 6.54 Å². The van der Waals surface area contributed by atoms with E-state index in [1.165, 1.54) is 11.0 Å². The van der Waals surface area contributed by atoms with Crippen molar-refractivity contribution in [3.8, 4) is 0 Å². The van der Waals surface area contributed by atoms with Crippen molar-refractivity contribution < 1.29 is 9.90 Å². The van der Waals surface area contributed by atoms with Crippen molar-refractivity contribution >= 4 is 5.91 Å². The molecule has 0 spiro atoms. The first-order chi connectivity index (χ1) is 8.08. The molecule has 6 nitrogen and oxygen atoms in total. The van der Waals surface area contributed by atoms with E-state index >= 15 is 0 Å². The monoisotopic (exact) mass is 238 g/mol. The smallest absolute Gasteiger partial charge is 0.276 e. The number of aliphatic hydroxyl groups is 1. The Hall–Kier alpha value is -1.43. The lowest BCUT2D eigenvalue weighted by Gasteiger charge is -2.24. The van der Waals surface area contributed by atoms with Gasteiger partial charge < -0.3 is 10.0 Å². The molecule has 0 bridgehead atoms. The molecule has 1 aliphatic heterocycles. The third-order valence-corrected chi connectivity index (χ3v) is 3.07. The summed E-state index contributed by atoms with van der Waals surface area (Å²) in [6, 6.07) is 0.129. The quantitative estimate of drug-likeness (QED) is 0.816. The van der Waals surface area contributed by atoms with Crippen molar-refractivity contribution in [3.05, 3.63) is 11.9 Å². The zero-order chi connectivity index (χ0) is 12.4. The van der Waals surface area contributed by atoms with Gasteiger partial charge in [-0.15, -0.1) is 5.10 Å². The largest absolute Gasteiger partial charge is 0.393 e. The van der Waals surface area contributed by atoms with E-state index in [2.05, 4.69) is 10.2 Å². The van der Waals surface area contributed by atoms with E-state index in [0.717, 1.165) is 19.4 Å². The van der Waals surface area contributed by atoms with Gasteiger partial charge in [0.05, 0.1) is 12.3 Å². The minimum Gasteiger partial charge on any atom is -0.393 e. The van der Waals surface area contributed by atoms with E-state index in [1.807, 2.05) is 0 Å². The van der Waals surface area contributed by atoms with Crippen LogP contribution < -0.4 is 0 Å². The molecule has 94 valence electrons. The predicted molar refractivity (Wildman–Crippen MR) is 61.4 cm³/mol. The normalized spacial score (nSPS) is 21.8. The van der Waals surface area contributed by atoms with Crippen LogP contribution in [0.1, 0.15) is 36.7 Å². The molecule has 1 aliphatic rings. The maximum atomic E-state index is 12.2. The second-order valence-corrected chi connectivity index (χ2v) is 4.60. The average molecular weight is 238 g/mol. The van der Waals surface area contributed by atoms with E-state index in [-0.39, 0.29) is 18.1 Å². The van der Waals surface area contributed by atoms with Gasteiger partial charge in [0.1, 0.15) is 0 Å². The van der Waals surface area contributed by atoms with Gasteiger partial charge in [-0.3, -0.25) is 4.79 Å². The molecule has 6 heteroatoms. The highest BCUT2D eigenvalue weighted by atomic mass is 16.3. The van der Waals surface area contributed by atoms with E-state index in [4.69, 9.17) is 0 Å². The summed E-state index contributed by atoms with van der Waals surface area (Å²) in [6.45, 7) is 2.50. The van der Waals surface area contributed by atoms with Gasteiger partial charge in [-0.1, -0.05) is 0 Å². The SMILES string of the molecule is CC(O)CC1CCCN1C(=O)c1cnn(C)n1. The van der Waals surface area contributed by atoms with Crippen LogP contribution in [0.25, 0.3) is 0 Å². The standard InChI is InChI=1S/C11H18N4O2/c1-8(16)6-9-4-3-5-15(9)11(17)10-7-12-14(2)13-10/h7-9,16H,3-6H2,1-2H3. The Bertz CT molecular complexity index is 402. The number of carbonyl (C=O) groups excluding carboxylic acids is 1. The molecule has 2 unspecified atom stereocenters. The van der Waals surface area contributed by atoms with Crippen LogP contribution in [0.5, 0.6) is 0 Å². The third kappa shape index (κ3) is 2.63. The van der Waals surface area contributed by atoms with Gasteiger partial charge >= 0.3 is 0 Å². The summed E-state index contributed by atoms with van der Waals surface area (Å²) in [6.07, 6.45) is 3.68. The number of aryl methyl sites for hydroxylation is 1. The minimum absolute atomic E-state index is 0.0822. The first-order valence-corrected chi connectivity index (χ1v) is 5.93. The summed E-state index contributed by atoms with van der Waals surface area (Å²) in [5.41, 5.74) is 0.380. The van der Waals surface area contributed by atoms with Gasteiger partial charge in [-0.05, 0) is 26.2 Å². The van der Waals surface area contributed by atoms with Crippen molar-refractivity contribution in [1.82, 2.24) is 19.9 Å². The molecular formula is C11H18N4O2. The molecule has 1 aromatic heterocycles. The molecular weight excluding hydrogens is 220 g/mol. The Morgan fingerprint density at radius 1 is 1.71 bits per heavy atom. The minimum atomic E-state index is -0.379. The van der Waals surface area contributed by atoms with Crippen LogP contribution in [0.15, 0.2) is 6.20 Å². The van der Waals surface area contributed by atoms with Crippen LogP contribution in [0, 0.1) is 0 Å². The molecule has 17 heavy (non-hydrogen) atoms. The van der Waals surface area contributed by atoms with Gasteiger partial charge in [-0.25, -0.2) is 0 Å². The van der Waals surface area contributed by atoms with Crippen LogP contribution in [0.4, 0.5) is 0 Å². The van der Waals surface area contributed by atoms with Gasteiger partial charge in [0.15, 0.2) is 5.69 Å². The van der Waals surface area contributed by atoms with Crippen LogP contribution in [0.2, 0.25) is 0 Å². The number of aliphatic hydroxyl groups excluding tert-OH is 1. The Kier molecular flexibility index (Phi) is 3.42. The molecule has 0 aromatic carbocycles. The fourth-order valence-electron chi connectivity index (χ4n) is 2.33. The highest BCUT2D eigenvalue weighted by Crippen LogP contribution is 2.22. The number of hydrogen-bond donors (Lipinski definition) is 1. The second-order valence-electron chi connectivity index (χ2n) is 4.60. The summed E-state index contributed by atoms with van der Waals surface area (Å²) in [5.74, 6) is -0.0822. The van der Waals surface area contributed by atoms with Crippen molar-refractivity contribution in [2.24, 2.45) is 7.05 Å². The number of likely N-dealkylation sites (tertiary alicyclic amines) is 1. The summed E-state index contributed by atoms with van der Waals surface area (Å²) in [5, 5.41) is 17.3. The number of nitrogens with zero attached hydrogens (tertiary/aromatic N) is 4. The van der Waals surface area contributed by atoms with Crippen molar-refractivity contribution in [3.63, 3.8) is 0 Å². The molecule has 1 saturated heterocycles. The molecule has 1 aromatic rings. The molecule has 0 saturated carbocycles. The summed E-state index contributed by atoms with van der Waals surface area (Å²) >= 11 is 0. The Morgan fingerprint density at radius 3 is 3.06 bits per heavy atom. The van der Waals surface area contributed by atoms with Crippen LogP contribution >= 0.6 is 0 Å². The first kappa shape index (κ1) is 12.0. The summed E-state index contributed by atoms with van der Waals surface area (Å²) in [7, 11) is 1.69. The Labute approximate surface area is 100 Å². The van der Waals surface area contributed by atoms with E-state index in [0.29, 0.717) is 12.1 Å². The highest BCUT2D eigenvalue weighted by molar-refractivity contribution is 5.92. The van der Waals surface area contributed by atoms with Crippen molar-refractivity contribution in [1.29, 1.82) is 0 Å². The molecule has 2 atom stereocenters. The van der Waals surface area contributed by atoms with E-state index < -0.39 is 0 Å². The Balaban J connectivity index is 2.08. The van der Waals surface area contributed by atoms with Crippen LogP contribution in [-0.2, 0) is 7.05 Å². The predicted octanol–water partition coefficient (Wildman–Crippen LogP) is 0.191. The molecule has 1 N–H and O–H groups in total. The lowest BCUT2D eigenvalue weighted by atomic mass is 10.1. The fourth-order valence-corrected chi connectivity index (χ4v) is 2.33. The topological polar surface area (TPSA) is 71.2 Å². The number of amides is 1. The van der Waals surface area contributed by atoms with E-state index in [1.54, 1.807) is 18.9 Å². The number of carbonyl (C=O) groups is 1. The zero-order valence-corrected chi connectivity index (χ0v) is 10.2. The van der Waals surface area contributed by atoms with Gasteiger partial charge in [0.25, 0.3) is 5.91 Å². The Morgan fingerprint density at radius 2 is 2.47 bits per heavy atom. The lowest BCUT2D eigenvalue weighted by Crippen LogP contribution is -2.37. The van der Waals surface area contributed by atoms with Gasteiger partial charge in [0, 0.05) is 19.6 Å². The fraction of sp³-hybridized carbons (Fsp3) is 0.727.